The topological polar surface area (TPSA) is 107 Å². The van der Waals surface area contributed by atoms with E-state index >= 15 is 0 Å². The van der Waals surface area contributed by atoms with Crippen molar-refractivity contribution in [2.24, 2.45) is 0 Å². The molecule has 4 aromatic rings. The van der Waals surface area contributed by atoms with Crippen LogP contribution < -0.4 is 20.7 Å². The highest BCUT2D eigenvalue weighted by atomic mass is 31.0. The molecule has 10 heteroatoms. The van der Waals surface area contributed by atoms with Crippen LogP contribution in [0.2, 0.25) is 10.1 Å². The van der Waals surface area contributed by atoms with Gasteiger partial charge in [-0.3, -0.25) is 14.4 Å². The van der Waals surface area contributed by atoms with Gasteiger partial charge in [-0.05, 0) is 82.2 Å². The Bertz CT molecular complexity index is 2090. The first-order chi connectivity index (χ1) is 38.6. The summed E-state index contributed by atoms with van der Waals surface area (Å²) in [5, 5.41) is 14.1. The van der Waals surface area contributed by atoms with Gasteiger partial charge in [-0.1, -0.05) is 287 Å². The van der Waals surface area contributed by atoms with Crippen LogP contribution in [0.25, 0.3) is 0 Å². The number of ketones is 2. The molecule has 0 aliphatic heterocycles. The van der Waals surface area contributed by atoms with Crippen molar-refractivity contribution in [3.05, 3.63) is 121 Å². The Morgan fingerprint density at radius 2 is 0.642 bits per heavy atom. The van der Waals surface area contributed by atoms with Crippen molar-refractivity contribution in [1.29, 1.82) is 1.28 Å². The standard InChI is InChI=1S/C34H52O4Si.C34H52O3Si.CH5P.2CH4/c1-34(2,3)39(31-24-16-12-17-25-31,32-26-18-13-19-27-32)38-29-21-11-7-6-9-15-23-30(35)22-14-8-4-5-10-20-28-33(36)37;1-34(2,3)38(32-25-17-13-18-26-32,33-27-19-14-20-28-33)37-30-22-12-8-6-10-16-24-31(36)23-15-9-5-4-7-11-21-29-35;1-2;;/h12-13,16-19,24-27H,4-11,14-15,20-23,28-29H2,1-3H3,(H,36,37);13-14,17-20,25-29H,4-12,15-16,21-24,30H2,1-3H3;2H2,1H3;2*1H4/i;;2D;;. The van der Waals surface area contributed by atoms with E-state index in [9.17, 15) is 19.2 Å². The van der Waals surface area contributed by atoms with E-state index in [-0.39, 0.29) is 31.4 Å². The predicted molar refractivity (Wildman–Crippen MR) is 358 cm³/mol. The zero-order valence-electron chi connectivity index (χ0n) is 51.6. The van der Waals surface area contributed by atoms with Crippen LogP contribution in [0.3, 0.4) is 0 Å². The molecule has 1 N–H and O–H groups in total. The van der Waals surface area contributed by atoms with E-state index in [4.69, 9.17) is 15.2 Å². The van der Waals surface area contributed by atoms with Crippen LogP contribution in [0, 0.1) is 0 Å². The number of aldehydes is 1. The zero-order valence-corrected chi connectivity index (χ0v) is 53.6. The number of carbonyl (C=O) groups excluding carboxylic acids is 3. The SMILES string of the molecule is C.C.CC(C)(C)[Si](OCCCCCCCCC(=O)CCCCCCCCC(=O)O)(c1ccccc1)c1ccccc1.CC(C)(C)[Si](OCCCCCCCCC(=O)CCCCCCCCC=O)(c1ccccc1)c1ccccc1.[2H]PC. The molecule has 1 unspecified atom stereocenters. The quantitative estimate of drug-likeness (QED) is 0.0204. The highest BCUT2D eigenvalue weighted by molar-refractivity contribution is 7.15. The number of carboxylic acid groups (broad SMARTS) is 1. The van der Waals surface area contributed by atoms with Crippen LogP contribution in [0.4, 0.5) is 0 Å². The maximum atomic E-state index is 12.2. The maximum absolute atomic E-state index is 12.2. The van der Waals surface area contributed by atoms with Gasteiger partial charge in [0.2, 0.25) is 0 Å². The highest BCUT2D eigenvalue weighted by Gasteiger charge is 2.51. The van der Waals surface area contributed by atoms with Gasteiger partial charge < -0.3 is 18.8 Å². The number of benzene rings is 4. The van der Waals surface area contributed by atoms with Crippen LogP contribution >= 0.6 is 9.18 Å². The molecule has 4 aromatic carbocycles. The van der Waals surface area contributed by atoms with Gasteiger partial charge in [-0.2, -0.15) is 0 Å². The van der Waals surface area contributed by atoms with Crippen LogP contribution in [-0.2, 0) is 28.0 Å². The van der Waals surface area contributed by atoms with E-state index in [0.717, 1.165) is 141 Å². The molecule has 0 saturated heterocycles. The number of Topliss-reactive ketones (excluding diaryl/α,β-unsaturated/α-hetero) is 2. The third-order valence-electron chi connectivity index (χ3n) is 15.3. The lowest BCUT2D eigenvalue weighted by Gasteiger charge is -2.43. The van der Waals surface area contributed by atoms with E-state index in [2.05, 4.69) is 163 Å². The minimum atomic E-state index is -2.43. The molecule has 81 heavy (non-hydrogen) atoms. The summed E-state index contributed by atoms with van der Waals surface area (Å²) in [6, 6.07) is 43.4. The molecular weight excluding hydrogens is 1050 g/mol. The molecule has 0 aliphatic rings. The summed E-state index contributed by atoms with van der Waals surface area (Å²) < 4.78 is 20.2. The Morgan fingerprint density at radius 3 is 0.877 bits per heavy atom. The predicted octanol–water partition coefficient (Wildman–Crippen LogP) is 18.0. The van der Waals surface area contributed by atoms with Crippen molar-refractivity contribution < 1.29 is 33.1 Å². The number of carbonyl (C=O) groups is 4. The molecule has 0 fully saturated rings. The lowest BCUT2D eigenvalue weighted by atomic mass is 10.0. The summed E-state index contributed by atoms with van der Waals surface area (Å²) in [5.41, 5.74) is 0. The summed E-state index contributed by atoms with van der Waals surface area (Å²) in [6.45, 7) is 17.4. The third kappa shape index (κ3) is 30.5. The number of hydrogen-bond acceptors (Lipinski definition) is 6. The first-order valence-corrected chi connectivity index (χ1v) is 35.7. The molecule has 0 amide bonds. The van der Waals surface area contributed by atoms with Crippen molar-refractivity contribution in [1.82, 2.24) is 0 Å². The smallest absolute Gasteiger partial charge is 0.303 e. The van der Waals surface area contributed by atoms with E-state index in [1.165, 1.54) is 72.1 Å². The fourth-order valence-electron chi connectivity index (χ4n) is 11.0. The van der Waals surface area contributed by atoms with Crippen LogP contribution in [0.5, 0.6) is 0 Å². The Hall–Kier alpha value is -3.86. The van der Waals surface area contributed by atoms with Crippen molar-refractivity contribution in [2.45, 2.75) is 259 Å². The number of hydrogen-bond donors (Lipinski definition) is 1. The van der Waals surface area contributed by atoms with Crippen molar-refractivity contribution in [3.63, 3.8) is 0 Å². The van der Waals surface area contributed by atoms with Gasteiger partial charge in [0.1, 0.15) is 17.9 Å². The third-order valence-corrected chi connectivity index (χ3v) is 25.4. The number of aliphatic carboxylic acids is 1. The first kappa shape index (κ1) is 75.2. The molecule has 4 rings (SSSR count). The van der Waals surface area contributed by atoms with Gasteiger partial charge in [0.05, 0.1) is 1.28 Å². The highest BCUT2D eigenvalue weighted by Crippen LogP contribution is 2.38. The zero-order chi connectivity index (χ0) is 58.6. The van der Waals surface area contributed by atoms with E-state index < -0.39 is 22.6 Å². The molecule has 0 bridgehead atoms. The number of rotatable bonds is 42. The molecular formula is C71H117O7PSi2. The fourth-order valence-corrected chi connectivity index (χ4v) is 20.3. The molecule has 456 valence electrons. The van der Waals surface area contributed by atoms with Gasteiger partial charge >= 0.3 is 5.97 Å². The minimum absolute atomic E-state index is 0. The lowest BCUT2D eigenvalue weighted by Crippen LogP contribution is -2.66. The van der Waals surface area contributed by atoms with Crippen LogP contribution in [0.1, 0.15) is 249 Å². The Balaban J connectivity index is 0.00000149. The number of unbranched alkanes of at least 4 members (excludes halogenated alkanes) is 21. The Kier molecular flexibility index (Phi) is 43.2. The fraction of sp³-hybridized carbons (Fsp3) is 0.606. The van der Waals surface area contributed by atoms with Crippen molar-refractivity contribution in [2.75, 3.05) is 19.9 Å². The summed E-state index contributed by atoms with van der Waals surface area (Å²) in [5.74, 6) is 0.130. The molecule has 0 saturated carbocycles. The van der Waals surface area contributed by atoms with E-state index in [1.807, 2.05) is 6.66 Å². The van der Waals surface area contributed by atoms with Gasteiger partial charge in [0, 0.05) is 51.7 Å². The normalized spacial score (nSPS) is 11.8. The Labute approximate surface area is 502 Å². The second-order valence-electron chi connectivity index (χ2n) is 23.7. The van der Waals surface area contributed by atoms with E-state index in [0.29, 0.717) is 33.6 Å². The molecule has 1 atom stereocenters. The van der Waals surface area contributed by atoms with Crippen LogP contribution in [-0.4, -0.2) is 66.7 Å². The average molecular weight is 1170 g/mol. The van der Waals surface area contributed by atoms with Gasteiger partial charge in [-0.25, -0.2) is 0 Å². The van der Waals surface area contributed by atoms with Gasteiger partial charge in [0.25, 0.3) is 16.6 Å². The second-order valence-corrected chi connectivity index (χ2v) is 32.3. The lowest BCUT2D eigenvalue weighted by molar-refractivity contribution is -0.137. The molecule has 0 radical (unpaired) electrons. The second kappa shape index (κ2) is 46.5. The Morgan fingerprint density at radius 1 is 0.420 bits per heavy atom. The monoisotopic (exact) mass is 1170 g/mol. The maximum Gasteiger partial charge on any atom is 0.303 e. The van der Waals surface area contributed by atoms with Crippen molar-refractivity contribution in [3.8, 4) is 0 Å². The molecule has 0 spiro atoms. The van der Waals surface area contributed by atoms with Gasteiger partial charge in [0.15, 0.2) is 0 Å². The molecule has 0 aliphatic carbocycles. The van der Waals surface area contributed by atoms with E-state index in [1.54, 1.807) is 0 Å². The summed E-state index contributed by atoms with van der Waals surface area (Å²) >= 11 is 0. The number of carboxylic acids is 1. The average Bonchev–Trinajstić information content (AvgIpc) is 3.62. The molecule has 7 nitrogen and oxygen atoms in total. The van der Waals surface area contributed by atoms with Crippen LogP contribution in [0.15, 0.2) is 121 Å². The minimum Gasteiger partial charge on any atom is -0.481 e. The summed E-state index contributed by atoms with van der Waals surface area (Å²) in [7, 11) is -4.51. The first-order valence-electron chi connectivity index (χ1n) is 31.4. The molecule has 0 aromatic heterocycles. The summed E-state index contributed by atoms with van der Waals surface area (Å²) in [6.07, 6.45) is 31.1. The largest absolute Gasteiger partial charge is 0.481 e. The molecule has 0 heterocycles. The van der Waals surface area contributed by atoms with Gasteiger partial charge in [-0.15, -0.1) is 9.18 Å². The summed E-state index contributed by atoms with van der Waals surface area (Å²) in [4.78, 5) is 45.1. The van der Waals surface area contributed by atoms with Crippen molar-refractivity contribution >= 4 is 70.4 Å².